The normalized spacial score (nSPS) is 44.4. The van der Waals surface area contributed by atoms with Gasteiger partial charge in [0, 0.05) is 10.9 Å². The highest BCUT2D eigenvalue weighted by Crippen LogP contribution is 2.40. The van der Waals surface area contributed by atoms with Crippen LogP contribution in [0.3, 0.4) is 0 Å². The van der Waals surface area contributed by atoms with Gasteiger partial charge in [-0.05, 0) is 43.4 Å². The SMILES string of the molecule is OCC1OC2/C=C\CC3OC4CC5OC6CC=CCOC6C(OCc6ccc(Br)cc6)C5OC4C=CC3OC2C/C=C\CC1O. The molecule has 6 aliphatic heterocycles. The molecule has 13 unspecified atom stereocenters. The number of benzene rings is 1. The van der Waals surface area contributed by atoms with Gasteiger partial charge in [-0.15, -0.1) is 0 Å². The molecule has 1 aromatic carbocycles. The Morgan fingerprint density at radius 2 is 1.38 bits per heavy atom. The van der Waals surface area contributed by atoms with E-state index in [9.17, 15) is 10.2 Å². The van der Waals surface area contributed by atoms with Gasteiger partial charge in [-0.2, -0.15) is 0 Å². The van der Waals surface area contributed by atoms with Gasteiger partial charge >= 0.3 is 0 Å². The second-order valence-electron chi connectivity index (χ2n) is 12.7. The smallest absolute Gasteiger partial charge is 0.115 e. The van der Waals surface area contributed by atoms with Crippen LogP contribution in [0.4, 0.5) is 0 Å². The third-order valence-electron chi connectivity index (χ3n) is 9.60. The molecule has 0 amide bonds. The van der Waals surface area contributed by atoms with Gasteiger partial charge in [0.1, 0.15) is 42.7 Å². The van der Waals surface area contributed by atoms with E-state index in [2.05, 4.69) is 52.4 Å². The summed E-state index contributed by atoms with van der Waals surface area (Å²) in [6.45, 7) is 0.702. The molecule has 10 heteroatoms. The summed E-state index contributed by atoms with van der Waals surface area (Å²) in [5.41, 5.74) is 1.08. The van der Waals surface area contributed by atoms with E-state index >= 15 is 0 Å². The average Bonchev–Trinajstić information content (AvgIpc) is 3.34. The molecule has 13 atom stereocenters. The van der Waals surface area contributed by atoms with Crippen molar-refractivity contribution in [2.75, 3.05) is 13.2 Å². The minimum absolute atomic E-state index is 0.128. The third kappa shape index (κ3) is 7.26. The first-order valence-electron chi connectivity index (χ1n) is 16.2. The van der Waals surface area contributed by atoms with Gasteiger partial charge in [-0.3, -0.25) is 0 Å². The number of fused-ring (bicyclic) bond motifs is 5. The number of halogens is 1. The third-order valence-corrected chi connectivity index (χ3v) is 10.1. The summed E-state index contributed by atoms with van der Waals surface area (Å²) in [5.74, 6) is 0. The fraction of sp³-hybridized carbons (Fsp3) is 0.600. The Bertz CT molecular complexity index is 1250. The van der Waals surface area contributed by atoms with Gasteiger partial charge in [-0.1, -0.05) is 76.7 Å². The van der Waals surface area contributed by atoms with Crippen molar-refractivity contribution in [2.24, 2.45) is 0 Å². The molecule has 2 fully saturated rings. The van der Waals surface area contributed by atoms with Crippen LogP contribution < -0.4 is 0 Å². The molecule has 2 saturated heterocycles. The summed E-state index contributed by atoms with van der Waals surface area (Å²) in [4.78, 5) is 0. The zero-order chi connectivity index (χ0) is 30.8. The predicted octanol–water partition coefficient (Wildman–Crippen LogP) is 4.10. The van der Waals surface area contributed by atoms with E-state index < -0.39 is 18.3 Å². The van der Waals surface area contributed by atoms with Crippen LogP contribution in [-0.4, -0.2) is 103 Å². The maximum atomic E-state index is 10.5. The van der Waals surface area contributed by atoms with Crippen LogP contribution in [0.1, 0.15) is 37.7 Å². The van der Waals surface area contributed by atoms with E-state index in [0.717, 1.165) is 16.5 Å². The Labute approximate surface area is 272 Å². The molecule has 9 nitrogen and oxygen atoms in total. The van der Waals surface area contributed by atoms with Gasteiger partial charge in [-0.25, -0.2) is 0 Å². The largest absolute Gasteiger partial charge is 0.394 e. The van der Waals surface area contributed by atoms with Crippen LogP contribution >= 0.6 is 15.9 Å². The first-order valence-corrected chi connectivity index (χ1v) is 17.0. The van der Waals surface area contributed by atoms with E-state index in [1.165, 1.54) is 0 Å². The lowest BCUT2D eigenvalue weighted by Crippen LogP contribution is -2.64. The van der Waals surface area contributed by atoms with Crippen molar-refractivity contribution in [1.29, 1.82) is 0 Å². The monoisotopic (exact) mass is 686 g/mol. The minimum atomic E-state index is -0.777. The van der Waals surface area contributed by atoms with Gasteiger partial charge in [0.15, 0.2) is 0 Å². The molecule has 6 aliphatic rings. The highest BCUT2D eigenvalue weighted by molar-refractivity contribution is 9.10. The summed E-state index contributed by atoms with van der Waals surface area (Å²) < 4.78 is 47.1. The van der Waals surface area contributed by atoms with Crippen LogP contribution in [0.25, 0.3) is 0 Å². The van der Waals surface area contributed by atoms with Crippen molar-refractivity contribution < 1.29 is 43.4 Å². The minimum Gasteiger partial charge on any atom is -0.394 e. The molecule has 2 N–H and O–H groups in total. The van der Waals surface area contributed by atoms with E-state index in [1.54, 1.807) is 0 Å². The van der Waals surface area contributed by atoms with Gasteiger partial charge in [0.25, 0.3) is 0 Å². The van der Waals surface area contributed by atoms with E-state index in [4.69, 9.17) is 33.2 Å². The number of ether oxygens (including phenoxy) is 7. The first kappa shape index (κ1) is 31.9. The van der Waals surface area contributed by atoms with Crippen LogP contribution in [0, 0.1) is 0 Å². The number of rotatable bonds is 4. The molecular weight excluding hydrogens is 644 g/mol. The Kier molecular flexibility index (Phi) is 10.3. The predicted molar refractivity (Wildman–Crippen MR) is 169 cm³/mol. The molecule has 6 heterocycles. The topological polar surface area (TPSA) is 105 Å². The average molecular weight is 688 g/mol. The molecule has 244 valence electrons. The van der Waals surface area contributed by atoms with Gasteiger partial charge in [0.2, 0.25) is 0 Å². The molecule has 45 heavy (non-hydrogen) atoms. The van der Waals surface area contributed by atoms with Crippen molar-refractivity contribution in [3.63, 3.8) is 0 Å². The molecule has 0 radical (unpaired) electrons. The molecular formula is C35H43BrO9. The number of hydrogen-bond acceptors (Lipinski definition) is 9. The summed E-state index contributed by atoms with van der Waals surface area (Å²) in [5, 5.41) is 20.3. The fourth-order valence-electron chi connectivity index (χ4n) is 7.21. The Hall–Kier alpha value is -1.70. The van der Waals surface area contributed by atoms with Crippen LogP contribution in [0.2, 0.25) is 0 Å². The van der Waals surface area contributed by atoms with E-state index in [0.29, 0.717) is 38.9 Å². The number of aliphatic hydroxyl groups is 2. The van der Waals surface area contributed by atoms with Crippen LogP contribution in [0.5, 0.6) is 0 Å². The molecule has 0 aromatic heterocycles. The second kappa shape index (κ2) is 14.6. The lowest BCUT2D eigenvalue weighted by Gasteiger charge is -2.50. The van der Waals surface area contributed by atoms with Crippen molar-refractivity contribution in [3.05, 3.63) is 82.9 Å². The standard InChI is InChI=1S/C35H43BrO9/c36-22-13-11-21(12-14-22)20-40-35-33-29(8-3-4-17-39-33)44-31-18-30-28(45-34(31)35)16-15-27-26(42-30)10-5-9-25-24(41-27)7-2-1-6-23(38)32(19-37)43-25/h1-5,9,11-16,23-35,37-38H,6-8,10,17-20H2/b2-1-,9-5-. The van der Waals surface area contributed by atoms with E-state index in [1.807, 2.05) is 36.4 Å². The van der Waals surface area contributed by atoms with Crippen molar-refractivity contribution in [2.45, 2.75) is 118 Å². The molecule has 0 aliphatic carbocycles. The zero-order valence-corrected chi connectivity index (χ0v) is 26.8. The Balaban J connectivity index is 1.10. The Morgan fingerprint density at radius 3 is 2.22 bits per heavy atom. The lowest BCUT2D eigenvalue weighted by atomic mass is 9.87. The maximum absolute atomic E-state index is 10.5. The second-order valence-corrected chi connectivity index (χ2v) is 13.6. The van der Waals surface area contributed by atoms with Gasteiger partial charge in [0.05, 0.1) is 56.4 Å². The number of aliphatic hydroxyl groups excluding tert-OH is 2. The van der Waals surface area contributed by atoms with Crippen molar-refractivity contribution in [3.8, 4) is 0 Å². The van der Waals surface area contributed by atoms with E-state index in [-0.39, 0.29) is 67.6 Å². The number of hydrogen-bond donors (Lipinski definition) is 2. The summed E-state index contributed by atoms with van der Waals surface area (Å²) in [7, 11) is 0. The van der Waals surface area contributed by atoms with Crippen molar-refractivity contribution in [1.82, 2.24) is 0 Å². The highest BCUT2D eigenvalue weighted by Gasteiger charge is 2.53. The maximum Gasteiger partial charge on any atom is 0.115 e. The summed E-state index contributed by atoms with van der Waals surface area (Å²) in [6.07, 6.45) is 15.0. The Morgan fingerprint density at radius 1 is 0.689 bits per heavy atom. The van der Waals surface area contributed by atoms with Gasteiger partial charge < -0.3 is 43.4 Å². The lowest BCUT2D eigenvalue weighted by molar-refractivity contribution is -0.295. The molecule has 0 spiro atoms. The summed E-state index contributed by atoms with van der Waals surface area (Å²) >= 11 is 3.51. The van der Waals surface area contributed by atoms with Crippen LogP contribution in [0.15, 0.2) is 77.3 Å². The first-order chi connectivity index (χ1) is 22.1. The fourth-order valence-corrected chi connectivity index (χ4v) is 7.48. The summed E-state index contributed by atoms with van der Waals surface area (Å²) in [6, 6.07) is 8.16. The quantitative estimate of drug-likeness (QED) is 0.453. The zero-order valence-electron chi connectivity index (χ0n) is 25.2. The van der Waals surface area contributed by atoms with Crippen LogP contribution in [-0.2, 0) is 39.8 Å². The van der Waals surface area contributed by atoms with Crippen molar-refractivity contribution >= 4 is 15.9 Å². The molecule has 7 rings (SSSR count). The molecule has 1 aromatic rings. The molecule has 0 saturated carbocycles. The molecule has 0 bridgehead atoms. The highest BCUT2D eigenvalue weighted by atomic mass is 79.9.